The van der Waals surface area contributed by atoms with Crippen molar-refractivity contribution in [2.75, 3.05) is 5.73 Å². The third-order valence-electron chi connectivity index (χ3n) is 4.98. The first-order valence-electron chi connectivity index (χ1n) is 7.17. The van der Waals surface area contributed by atoms with E-state index in [0.29, 0.717) is 11.7 Å². The lowest BCUT2D eigenvalue weighted by molar-refractivity contribution is 0.670. The van der Waals surface area contributed by atoms with Crippen LogP contribution >= 0.6 is 0 Å². The Morgan fingerprint density at radius 3 is 2.68 bits per heavy atom. The standard InChI is InChI=1S/C16H19N3/c1-9-5-2-3-6-10(9)14-15(18-19-16(14)17)13-11-7-4-8-12(11)13/h2-3,5-6,11-13H,4,7-8H2,1H3,(H3,17,18,19). The number of nitrogens with zero attached hydrogens (tertiary/aromatic N) is 1. The lowest BCUT2D eigenvalue weighted by Crippen LogP contribution is -1.94. The number of anilines is 1. The molecule has 3 N–H and O–H groups in total. The van der Waals surface area contributed by atoms with E-state index < -0.39 is 0 Å². The van der Waals surface area contributed by atoms with Gasteiger partial charge in [-0.25, -0.2) is 0 Å². The SMILES string of the molecule is Cc1ccccc1-c1c(N)n[nH]c1C1C2CCCC21. The minimum atomic E-state index is 0.647. The van der Waals surface area contributed by atoms with Gasteiger partial charge in [0.05, 0.1) is 0 Å². The zero-order valence-electron chi connectivity index (χ0n) is 11.2. The summed E-state index contributed by atoms with van der Waals surface area (Å²) in [6, 6.07) is 8.43. The smallest absolute Gasteiger partial charge is 0.153 e. The number of nitrogen functional groups attached to an aromatic ring is 1. The van der Waals surface area contributed by atoms with Gasteiger partial charge in [0, 0.05) is 17.2 Å². The van der Waals surface area contributed by atoms with Gasteiger partial charge in [-0.3, -0.25) is 5.10 Å². The number of rotatable bonds is 2. The molecule has 1 aromatic carbocycles. The minimum Gasteiger partial charge on any atom is -0.382 e. The van der Waals surface area contributed by atoms with Crippen LogP contribution in [0.5, 0.6) is 0 Å². The van der Waals surface area contributed by atoms with Crippen LogP contribution in [0.2, 0.25) is 0 Å². The average molecular weight is 253 g/mol. The summed E-state index contributed by atoms with van der Waals surface area (Å²) in [4.78, 5) is 0. The largest absolute Gasteiger partial charge is 0.382 e. The van der Waals surface area contributed by atoms with E-state index >= 15 is 0 Å². The van der Waals surface area contributed by atoms with Crippen LogP contribution in [0, 0.1) is 18.8 Å². The molecule has 2 aliphatic carbocycles. The van der Waals surface area contributed by atoms with E-state index in [1.165, 1.54) is 36.1 Å². The first kappa shape index (κ1) is 11.1. The summed E-state index contributed by atoms with van der Waals surface area (Å²) in [6.45, 7) is 2.14. The second-order valence-electron chi connectivity index (χ2n) is 6.00. The molecule has 2 aromatic rings. The van der Waals surface area contributed by atoms with Crippen LogP contribution in [-0.4, -0.2) is 10.2 Å². The van der Waals surface area contributed by atoms with E-state index in [2.05, 4.69) is 41.4 Å². The first-order chi connectivity index (χ1) is 9.27. The molecule has 0 bridgehead atoms. The van der Waals surface area contributed by atoms with Gasteiger partial charge >= 0.3 is 0 Å². The molecule has 3 nitrogen and oxygen atoms in total. The summed E-state index contributed by atoms with van der Waals surface area (Å²) in [5.41, 5.74) is 11.0. The van der Waals surface area contributed by atoms with E-state index in [1.807, 2.05) is 0 Å². The highest BCUT2D eigenvalue weighted by Crippen LogP contribution is 2.64. The molecular weight excluding hydrogens is 234 g/mol. The van der Waals surface area contributed by atoms with Gasteiger partial charge in [0.15, 0.2) is 5.82 Å². The summed E-state index contributed by atoms with van der Waals surface area (Å²) in [6.07, 6.45) is 4.15. The molecule has 2 aliphatic rings. The number of nitrogens with one attached hydrogen (secondary N) is 1. The van der Waals surface area contributed by atoms with Gasteiger partial charge in [0.2, 0.25) is 0 Å². The van der Waals surface area contributed by atoms with Gasteiger partial charge < -0.3 is 5.73 Å². The molecule has 0 amide bonds. The van der Waals surface area contributed by atoms with Gasteiger partial charge in [-0.15, -0.1) is 0 Å². The van der Waals surface area contributed by atoms with E-state index in [1.54, 1.807) is 0 Å². The van der Waals surface area contributed by atoms with Crippen molar-refractivity contribution in [1.82, 2.24) is 10.2 Å². The number of hydrogen-bond donors (Lipinski definition) is 2. The molecule has 1 aromatic heterocycles. The van der Waals surface area contributed by atoms with Gasteiger partial charge in [-0.2, -0.15) is 5.10 Å². The molecule has 0 radical (unpaired) electrons. The van der Waals surface area contributed by atoms with Crippen LogP contribution < -0.4 is 5.73 Å². The highest BCUT2D eigenvalue weighted by molar-refractivity contribution is 5.79. The molecule has 3 heteroatoms. The summed E-state index contributed by atoms with van der Waals surface area (Å²) in [7, 11) is 0. The van der Waals surface area contributed by atoms with E-state index in [9.17, 15) is 0 Å². The second-order valence-corrected chi connectivity index (χ2v) is 6.00. The van der Waals surface area contributed by atoms with Crippen molar-refractivity contribution in [3.63, 3.8) is 0 Å². The molecule has 1 heterocycles. The van der Waals surface area contributed by atoms with E-state index in [0.717, 1.165) is 17.4 Å². The maximum absolute atomic E-state index is 6.12. The number of nitrogens with two attached hydrogens (primary N) is 1. The molecule has 19 heavy (non-hydrogen) atoms. The Balaban J connectivity index is 1.80. The maximum atomic E-state index is 6.12. The normalized spacial score (nSPS) is 28.4. The summed E-state index contributed by atoms with van der Waals surface area (Å²) in [5, 5.41) is 7.49. The number of aromatic nitrogens is 2. The van der Waals surface area contributed by atoms with Gasteiger partial charge in [0.1, 0.15) is 0 Å². The molecule has 2 unspecified atom stereocenters. The van der Waals surface area contributed by atoms with Crippen molar-refractivity contribution in [2.24, 2.45) is 11.8 Å². The number of benzene rings is 1. The van der Waals surface area contributed by atoms with Gasteiger partial charge in [-0.05, 0) is 42.7 Å². The summed E-state index contributed by atoms with van der Waals surface area (Å²) in [5.74, 6) is 3.08. The Labute approximate surface area is 113 Å². The Morgan fingerprint density at radius 1 is 1.21 bits per heavy atom. The first-order valence-corrected chi connectivity index (χ1v) is 7.17. The molecule has 0 saturated heterocycles. The monoisotopic (exact) mass is 253 g/mol. The molecular formula is C16H19N3. The number of fused-ring (bicyclic) bond motifs is 1. The van der Waals surface area contributed by atoms with Gasteiger partial charge in [-0.1, -0.05) is 30.7 Å². The molecule has 4 rings (SSSR count). The van der Waals surface area contributed by atoms with Crippen molar-refractivity contribution < 1.29 is 0 Å². The molecule has 2 saturated carbocycles. The van der Waals surface area contributed by atoms with Gasteiger partial charge in [0.25, 0.3) is 0 Å². The van der Waals surface area contributed by atoms with Crippen molar-refractivity contribution in [3.8, 4) is 11.1 Å². The fourth-order valence-corrected chi connectivity index (χ4v) is 4.00. The minimum absolute atomic E-state index is 0.647. The van der Waals surface area contributed by atoms with Crippen LogP contribution in [0.1, 0.15) is 36.4 Å². The Hall–Kier alpha value is -1.77. The molecule has 98 valence electrons. The number of hydrogen-bond acceptors (Lipinski definition) is 2. The third kappa shape index (κ3) is 1.54. The summed E-state index contributed by atoms with van der Waals surface area (Å²) >= 11 is 0. The quantitative estimate of drug-likeness (QED) is 0.861. The van der Waals surface area contributed by atoms with Crippen LogP contribution in [-0.2, 0) is 0 Å². The zero-order valence-corrected chi connectivity index (χ0v) is 11.2. The van der Waals surface area contributed by atoms with Crippen LogP contribution in [0.3, 0.4) is 0 Å². The van der Waals surface area contributed by atoms with Crippen molar-refractivity contribution >= 4 is 5.82 Å². The van der Waals surface area contributed by atoms with Crippen LogP contribution in [0.15, 0.2) is 24.3 Å². The predicted molar refractivity (Wildman–Crippen MR) is 76.7 cm³/mol. The predicted octanol–water partition coefficient (Wildman–Crippen LogP) is 3.48. The Bertz CT molecular complexity index is 619. The molecule has 2 fully saturated rings. The van der Waals surface area contributed by atoms with Crippen LogP contribution in [0.4, 0.5) is 5.82 Å². The average Bonchev–Trinajstić information content (AvgIpc) is 2.78. The topological polar surface area (TPSA) is 54.7 Å². The highest BCUT2D eigenvalue weighted by atomic mass is 15.2. The van der Waals surface area contributed by atoms with Crippen molar-refractivity contribution in [1.29, 1.82) is 0 Å². The Morgan fingerprint density at radius 2 is 1.95 bits per heavy atom. The number of H-pyrrole nitrogens is 1. The molecule has 0 spiro atoms. The molecule has 2 atom stereocenters. The number of aryl methyl sites for hydroxylation is 1. The van der Waals surface area contributed by atoms with Crippen molar-refractivity contribution in [3.05, 3.63) is 35.5 Å². The summed E-state index contributed by atoms with van der Waals surface area (Å²) < 4.78 is 0. The fourth-order valence-electron chi connectivity index (χ4n) is 4.00. The zero-order chi connectivity index (χ0) is 13.0. The fraction of sp³-hybridized carbons (Fsp3) is 0.438. The van der Waals surface area contributed by atoms with Crippen LogP contribution in [0.25, 0.3) is 11.1 Å². The number of aromatic amines is 1. The highest BCUT2D eigenvalue weighted by Gasteiger charge is 2.54. The van der Waals surface area contributed by atoms with E-state index in [4.69, 9.17) is 5.73 Å². The lowest BCUT2D eigenvalue weighted by Gasteiger charge is -2.08. The van der Waals surface area contributed by atoms with Crippen molar-refractivity contribution in [2.45, 2.75) is 32.1 Å². The van der Waals surface area contributed by atoms with E-state index in [-0.39, 0.29) is 0 Å². The third-order valence-corrected chi connectivity index (χ3v) is 4.98. The molecule has 0 aliphatic heterocycles. The Kier molecular flexibility index (Phi) is 2.25. The lowest BCUT2D eigenvalue weighted by atomic mass is 9.96. The second kappa shape index (κ2) is 3.86. The maximum Gasteiger partial charge on any atom is 0.153 e.